The molecule has 2 aliphatic rings. The van der Waals surface area contributed by atoms with Crippen LogP contribution >= 0.6 is 12.2 Å². The Morgan fingerprint density at radius 2 is 1.91 bits per heavy atom. The van der Waals surface area contributed by atoms with Gasteiger partial charge in [0.15, 0.2) is 11.4 Å². The molecule has 34 heavy (non-hydrogen) atoms. The predicted octanol–water partition coefficient (Wildman–Crippen LogP) is 2.80. The van der Waals surface area contributed by atoms with Gasteiger partial charge in [-0.1, -0.05) is 12.2 Å². The van der Waals surface area contributed by atoms with Crippen LogP contribution < -0.4 is 15.5 Å². The van der Waals surface area contributed by atoms with Crippen molar-refractivity contribution in [3.05, 3.63) is 62.8 Å². The van der Waals surface area contributed by atoms with Gasteiger partial charge in [-0.15, -0.1) is 0 Å². The van der Waals surface area contributed by atoms with Gasteiger partial charge >= 0.3 is 0 Å². The minimum Gasteiger partial charge on any atom is -0.491 e. The van der Waals surface area contributed by atoms with Crippen LogP contribution in [-0.4, -0.2) is 52.9 Å². The monoisotopic (exact) mass is 493 g/mol. The molecule has 1 aromatic heterocycles. The maximum absolute atomic E-state index is 13.9. The Labute approximate surface area is 198 Å². The van der Waals surface area contributed by atoms with Crippen molar-refractivity contribution in [1.29, 1.82) is 0 Å². The Morgan fingerprint density at radius 1 is 1.21 bits per heavy atom. The minimum atomic E-state index is -1.08. The van der Waals surface area contributed by atoms with E-state index in [1.807, 2.05) is 0 Å². The van der Waals surface area contributed by atoms with E-state index < -0.39 is 34.4 Å². The van der Waals surface area contributed by atoms with Gasteiger partial charge in [0, 0.05) is 54.8 Å². The number of amides is 2. The number of ether oxygens (including phenoxy) is 1. The summed E-state index contributed by atoms with van der Waals surface area (Å²) in [4.78, 5) is 40.5. The number of hydrogen-bond acceptors (Lipinski definition) is 5. The first kappa shape index (κ1) is 23.9. The number of nitrogens with zero attached hydrogens (tertiary/aromatic N) is 2. The first-order valence-corrected chi connectivity index (χ1v) is 11.2. The highest BCUT2D eigenvalue weighted by Gasteiger charge is 2.36. The van der Waals surface area contributed by atoms with Gasteiger partial charge < -0.3 is 19.5 Å². The van der Waals surface area contributed by atoms with Crippen LogP contribution in [0.3, 0.4) is 0 Å². The van der Waals surface area contributed by atoms with Crippen molar-refractivity contribution < 1.29 is 27.5 Å². The highest BCUT2D eigenvalue weighted by atomic mass is 32.1. The third-order valence-electron chi connectivity index (χ3n) is 6.10. The average Bonchev–Trinajstić information content (AvgIpc) is 3.02. The molecule has 2 aliphatic heterocycles. The van der Waals surface area contributed by atoms with Crippen molar-refractivity contribution in [2.45, 2.75) is 31.7 Å². The van der Waals surface area contributed by atoms with E-state index >= 15 is 0 Å². The summed E-state index contributed by atoms with van der Waals surface area (Å²) in [5.74, 6) is -4.48. The SMILES string of the molecule is COc1c2n(cc(C(=O)NCC(=S)Cc3c(F)cc(F)cc3F)c1=O)[C@H]1CCCCN(C1)C2=O. The molecule has 11 heteroatoms. The summed E-state index contributed by atoms with van der Waals surface area (Å²) in [5, 5.41) is 2.48. The largest absolute Gasteiger partial charge is 0.491 e. The van der Waals surface area contributed by atoms with E-state index in [1.165, 1.54) is 13.3 Å². The van der Waals surface area contributed by atoms with Crippen molar-refractivity contribution in [1.82, 2.24) is 14.8 Å². The number of pyridine rings is 1. The van der Waals surface area contributed by atoms with E-state index in [9.17, 15) is 27.6 Å². The third-order valence-corrected chi connectivity index (χ3v) is 6.39. The smallest absolute Gasteiger partial charge is 0.274 e. The summed E-state index contributed by atoms with van der Waals surface area (Å²) >= 11 is 5.12. The van der Waals surface area contributed by atoms with Crippen LogP contribution in [0.1, 0.15) is 51.7 Å². The molecule has 0 spiro atoms. The maximum Gasteiger partial charge on any atom is 0.274 e. The molecule has 4 rings (SSSR count). The summed E-state index contributed by atoms with van der Waals surface area (Å²) in [6.07, 6.45) is 3.55. The van der Waals surface area contributed by atoms with Crippen molar-refractivity contribution in [3.8, 4) is 5.75 Å². The van der Waals surface area contributed by atoms with Gasteiger partial charge in [0.2, 0.25) is 5.43 Å². The maximum atomic E-state index is 13.9. The van der Waals surface area contributed by atoms with E-state index in [1.54, 1.807) is 9.47 Å². The predicted molar refractivity (Wildman–Crippen MR) is 121 cm³/mol. The quantitative estimate of drug-likeness (QED) is 0.626. The van der Waals surface area contributed by atoms with Crippen molar-refractivity contribution in [3.63, 3.8) is 0 Å². The molecule has 2 amide bonds. The number of rotatable bonds is 6. The standard InChI is InChI=1S/C23H22F3N3O4S/c1-33-21-19-23(32)28-5-3-2-4-13(10-28)29(19)11-16(20(21)30)22(31)27-9-14(34)8-15-17(25)6-12(24)7-18(15)26/h6-7,11,13H,2-5,8-10H2,1H3,(H,27,31)/t13-/m0/s1. The molecule has 1 atom stereocenters. The Balaban J connectivity index is 1.56. The summed E-state index contributed by atoms with van der Waals surface area (Å²) in [5.41, 5.74) is -1.25. The van der Waals surface area contributed by atoms with Crippen molar-refractivity contribution >= 4 is 28.9 Å². The van der Waals surface area contributed by atoms with Crippen LogP contribution in [0.15, 0.2) is 23.1 Å². The highest BCUT2D eigenvalue weighted by Crippen LogP contribution is 2.32. The van der Waals surface area contributed by atoms with Crippen LogP contribution in [0.5, 0.6) is 5.75 Å². The first-order valence-electron chi connectivity index (χ1n) is 10.8. The fraction of sp³-hybridized carbons (Fsp3) is 0.391. The number of benzene rings is 1. The second-order valence-corrected chi connectivity index (χ2v) is 8.89. The summed E-state index contributed by atoms with van der Waals surface area (Å²) in [7, 11) is 1.26. The van der Waals surface area contributed by atoms with E-state index in [2.05, 4.69) is 5.32 Å². The third kappa shape index (κ3) is 4.44. The molecule has 1 N–H and O–H groups in total. The lowest BCUT2D eigenvalue weighted by Crippen LogP contribution is -2.45. The van der Waals surface area contributed by atoms with E-state index in [4.69, 9.17) is 17.0 Å². The summed E-state index contributed by atoms with van der Waals surface area (Å²) < 4.78 is 47.7. The lowest BCUT2D eigenvalue weighted by atomic mass is 10.1. The number of halogens is 3. The van der Waals surface area contributed by atoms with Crippen LogP contribution in [0, 0.1) is 17.5 Å². The van der Waals surface area contributed by atoms with Crippen molar-refractivity contribution in [2.24, 2.45) is 0 Å². The molecule has 3 heterocycles. The second-order valence-electron chi connectivity index (χ2n) is 8.31. The molecule has 2 aromatic rings. The van der Waals surface area contributed by atoms with Crippen LogP contribution in [0.25, 0.3) is 0 Å². The average molecular weight is 494 g/mol. The molecular formula is C23H22F3N3O4S. The molecule has 2 bridgehead atoms. The number of thiocarbonyl (C=S) groups is 1. The summed E-state index contributed by atoms with van der Waals surface area (Å²) in [6.45, 7) is 0.837. The number of hydrogen-bond donors (Lipinski definition) is 1. The molecule has 180 valence electrons. The zero-order chi connectivity index (χ0) is 24.6. The first-order chi connectivity index (χ1) is 16.2. The number of nitrogens with one attached hydrogen (secondary N) is 1. The van der Waals surface area contributed by atoms with Gasteiger partial charge in [-0.2, -0.15) is 0 Å². The molecule has 1 fully saturated rings. The molecular weight excluding hydrogens is 471 g/mol. The van der Waals surface area contributed by atoms with Crippen LogP contribution in [0.4, 0.5) is 13.2 Å². The Bertz CT molecular complexity index is 1220. The van der Waals surface area contributed by atoms with E-state index in [-0.39, 0.29) is 46.8 Å². The lowest BCUT2D eigenvalue weighted by molar-refractivity contribution is 0.0676. The molecule has 0 unspecified atom stereocenters. The van der Waals surface area contributed by atoms with E-state index in [0.29, 0.717) is 25.2 Å². The molecule has 7 nitrogen and oxygen atoms in total. The van der Waals surface area contributed by atoms with Gasteiger partial charge in [0.1, 0.15) is 23.0 Å². The Kier molecular flexibility index (Phi) is 6.74. The van der Waals surface area contributed by atoms with Gasteiger partial charge in [-0.25, -0.2) is 13.2 Å². The Morgan fingerprint density at radius 3 is 2.59 bits per heavy atom. The highest BCUT2D eigenvalue weighted by molar-refractivity contribution is 7.80. The molecule has 0 aliphatic carbocycles. The zero-order valence-corrected chi connectivity index (χ0v) is 19.1. The van der Waals surface area contributed by atoms with Crippen molar-refractivity contribution in [2.75, 3.05) is 26.7 Å². The minimum absolute atomic E-state index is 0.0809. The normalized spacial score (nSPS) is 17.1. The van der Waals surface area contributed by atoms with Gasteiger partial charge in [0.25, 0.3) is 11.8 Å². The molecule has 0 radical (unpaired) electrons. The fourth-order valence-corrected chi connectivity index (χ4v) is 4.63. The number of fused-ring (bicyclic) bond motifs is 4. The van der Waals surface area contributed by atoms with Crippen LogP contribution in [-0.2, 0) is 6.42 Å². The number of carbonyl (C=O) groups excluding carboxylic acids is 2. The Hall–Kier alpha value is -3.21. The van der Waals surface area contributed by atoms with Gasteiger partial charge in [0.05, 0.1) is 13.2 Å². The second kappa shape index (κ2) is 9.57. The zero-order valence-electron chi connectivity index (χ0n) is 18.3. The van der Waals surface area contributed by atoms with Gasteiger partial charge in [-0.3, -0.25) is 14.4 Å². The summed E-state index contributed by atoms with van der Waals surface area (Å²) in [6, 6.07) is 1.01. The molecule has 1 aromatic carbocycles. The van der Waals surface area contributed by atoms with E-state index in [0.717, 1.165) is 19.3 Å². The molecule has 0 saturated carbocycles. The fourth-order valence-electron chi connectivity index (χ4n) is 4.41. The number of carbonyl (C=O) groups is 2. The van der Waals surface area contributed by atoms with Crippen LogP contribution in [0.2, 0.25) is 0 Å². The number of methoxy groups -OCH3 is 1. The van der Waals surface area contributed by atoms with Gasteiger partial charge in [-0.05, 0) is 19.3 Å². The lowest BCUT2D eigenvalue weighted by Gasteiger charge is -2.34. The number of aromatic nitrogens is 1. The topological polar surface area (TPSA) is 80.6 Å². The molecule has 1 saturated heterocycles.